The Balaban J connectivity index is 1.44. The largest absolute Gasteiger partial charge is 0.346 e. The average Bonchev–Trinajstić information content (AvgIpc) is 3.25. The molecule has 34 heavy (non-hydrogen) atoms. The number of fused-ring (bicyclic) bond motifs is 1. The van der Waals surface area contributed by atoms with Crippen LogP contribution in [0.3, 0.4) is 0 Å². The number of rotatable bonds is 6. The molecule has 0 radical (unpaired) electrons. The Bertz CT molecular complexity index is 1230. The third kappa shape index (κ3) is 4.94. The molecule has 2 N–H and O–H groups in total. The highest BCUT2D eigenvalue weighted by Gasteiger charge is 2.24. The van der Waals surface area contributed by atoms with E-state index in [4.69, 9.17) is 0 Å². The van der Waals surface area contributed by atoms with Crippen LogP contribution < -0.4 is 15.5 Å². The van der Waals surface area contributed by atoms with Crippen molar-refractivity contribution < 1.29 is 14.4 Å². The molecule has 3 aromatic carbocycles. The molecule has 0 aromatic heterocycles. The first-order valence-electron chi connectivity index (χ1n) is 11.5. The Labute approximate surface area is 199 Å². The molecule has 0 spiro atoms. The van der Waals surface area contributed by atoms with Crippen LogP contribution in [0.5, 0.6) is 0 Å². The highest BCUT2D eigenvalue weighted by atomic mass is 16.2. The number of nitrogens with zero attached hydrogens (tertiary/aromatic N) is 2. The zero-order valence-electron chi connectivity index (χ0n) is 19.8. The summed E-state index contributed by atoms with van der Waals surface area (Å²) in [5.41, 5.74) is 3.28. The van der Waals surface area contributed by atoms with Crippen LogP contribution in [0.1, 0.15) is 30.0 Å². The van der Waals surface area contributed by atoms with Crippen LogP contribution in [0.2, 0.25) is 0 Å². The number of carbonyl (C=O) groups excluding carboxylic acids is 3. The van der Waals surface area contributed by atoms with Gasteiger partial charge in [0.15, 0.2) is 0 Å². The van der Waals surface area contributed by atoms with Crippen LogP contribution in [0, 0.1) is 6.92 Å². The number of benzene rings is 3. The van der Waals surface area contributed by atoms with E-state index in [-0.39, 0.29) is 18.5 Å². The molecule has 1 fully saturated rings. The Morgan fingerprint density at radius 3 is 2.53 bits per heavy atom. The molecule has 1 aliphatic rings. The summed E-state index contributed by atoms with van der Waals surface area (Å²) in [6.45, 7) is 2.88. The zero-order chi connectivity index (χ0) is 24.2. The van der Waals surface area contributed by atoms with E-state index in [0.29, 0.717) is 18.7 Å². The van der Waals surface area contributed by atoms with E-state index in [1.807, 2.05) is 56.3 Å². The van der Waals surface area contributed by atoms with Gasteiger partial charge in [0.05, 0.1) is 6.04 Å². The minimum Gasteiger partial charge on any atom is -0.346 e. The van der Waals surface area contributed by atoms with Crippen LogP contribution in [0.25, 0.3) is 10.8 Å². The summed E-state index contributed by atoms with van der Waals surface area (Å²) >= 11 is 0. The van der Waals surface area contributed by atoms with Crippen molar-refractivity contribution in [3.63, 3.8) is 0 Å². The van der Waals surface area contributed by atoms with Crippen LogP contribution in [0.15, 0.2) is 60.7 Å². The lowest BCUT2D eigenvalue weighted by molar-refractivity contribution is -0.136. The third-order valence-electron chi connectivity index (χ3n) is 6.30. The predicted octanol–water partition coefficient (Wildman–Crippen LogP) is 3.63. The third-order valence-corrected chi connectivity index (χ3v) is 6.30. The zero-order valence-corrected chi connectivity index (χ0v) is 19.8. The highest BCUT2D eigenvalue weighted by molar-refractivity contribution is 6.39. The lowest BCUT2D eigenvalue weighted by Gasteiger charge is -2.26. The second kappa shape index (κ2) is 10.1. The minimum absolute atomic E-state index is 0.0764. The summed E-state index contributed by atoms with van der Waals surface area (Å²) in [5.74, 6) is -1.36. The molecule has 1 saturated heterocycles. The van der Waals surface area contributed by atoms with Crippen molar-refractivity contribution in [2.75, 3.05) is 37.4 Å². The van der Waals surface area contributed by atoms with Crippen molar-refractivity contribution in [1.82, 2.24) is 10.2 Å². The summed E-state index contributed by atoms with van der Waals surface area (Å²) < 4.78 is 0. The van der Waals surface area contributed by atoms with Gasteiger partial charge >= 0.3 is 11.8 Å². The monoisotopic (exact) mass is 458 g/mol. The number of hydrogen-bond acceptors (Lipinski definition) is 4. The standard InChI is InChI=1S/C27H30N4O3/c1-18-13-14-20(16-23(18)31-15-7-12-25(31)32)29-27(34)26(33)28-17-24(30(2)3)22-11-6-9-19-8-4-5-10-21(19)22/h4-6,8-11,13-14,16,24H,7,12,15,17H2,1-3H3,(H,28,33)(H,29,34). The van der Waals surface area contributed by atoms with Gasteiger partial charge in [0, 0.05) is 30.9 Å². The Hall–Kier alpha value is -3.71. The van der Waals surface area contributed by atoms with Crippen molar-refractivity contribution in [2.24, 2.45) is 0 Å². The fourth-order valence-corrected chi connectivity index (χ4v) is 4.45. The van der Waals surface area contributed by atoms with E-state index < -0.39 is 11.8 Å². The molecule has 0 aliphatic carbocycles. The molecule has 0 saturated carbocycles. The molecule has 4 rings (SSSR count). The minimum atomic E-state index is -0.738. The summed E-state index contributed by atoms with van der Waals surface area (Å²) in [7, 11) is 3.90. The molecular weight excluding hydrogens is 428 g/mol. The molecule has 0 bridgehead atoms. The SMILES string of the molecule is Cc1ccc(NC(=O)C(=O)NCC(c2cccc3ccccc23)N(C)C)cc1N1CCCC1=O. The molecular formula is C27H30N4O3. The van der Waals surface area contributed by atoms with Crippen LogP contribution in [-0.2, 0) is 14.4 Å². The highest BCUT2D eigenvalue weighted by Crippen LogP contribution is 2.29. The first kappa shape index (κ1) is 23.4. The van der Waals surface area contributed by atoms with Crippen molar-refractivity contribution >= 4 is 39.9 Å². The molecule has 7 nitrogen and oxygen atoms in total. The molecule has 176 valence electrons. The number of likely N-dealkylation sites (N-methyl/N-ethyl adjacent to an activating group) is 1. The number of carbonyl (C=O) groups is 3. The first-order chi connectivity index (χ1) is 16.3. The summed E-state index contributed by atoms with van der Waals surface area (Å²) in [6, 6.07) is 19.5. The summed E-state index contributed by atoms with van der Waals surface area (Å²) in [6.07, 6.45) is 1.35. The molecule has 1 atom stereocenters. The van der Waals surface area contributed by atoms with E-state index in [9.17, 15) is 14.4 Å². The smallest absolute Gasteiger partial charge is 0.313 e. The molecule has 1 aliphatic heterocycles. The number of aryl methyl sites for hydroxylation is 1. The second-order valence-corrected chi connectivity index (χ2v) is 8.86. The second-order valence-electron chi connectivity index (χ2n) is 8.86. The Morgan fingerprint density at radius 2 is 1.79 bits per heavy atom. The Morgan fingerprint density at radius 1 is 1.03 bits per heavy atom. The van der Waals surface area contributed by atoms with Gasteiger partial charge < -0.3 is 20.4 Å². The van der Waals surface area contributed by atoms with Crippen molar-refractivity contribution in [3.8, 4) is 0 Å². The molecule has 3 amide bonds. The number of amides is 3. The van der Waals surface area contributed by atoms with E-state index >= 15 is 0 Å². The lowest BCUT2D eigenvalue weighted by atomic mass is 9.98. The summed E-state index contributed by atoms with van der Waals surface area (Å²) in [4.78, 5) is 41.1. The van der Waals surface area contributed by atoms with Crippen LogP contribution >= 0.6 is 0 Å². The topological polar surface area (TPSA) is 81.8 Å². The van der Waals surface area contributed by atoms with Gasteiger partial charge in [-0.1, -0.05) is 48.5 Å². The fraction of sp³-hybridized carbons (Fsp3) is 0.296. The maximum Gasteiger partial charge on any atom is 0.313 e. The van der Waals surface area contributed by atoms with Gasteiger partial charge in [0.2, 0.25) is 5.91 Å². The Kier molecular flexibility index (Phi) is 6.93. The molecule has 1 unspecified atom stereocenters. The quantitative estimate of drug-likeness (QED) is 0.553. The maximum absolute atomic E-state index is 12.6. The summed E-state index contributed by atoms with van der Waals surface area (Å²) in [5, 5.41) is 7.69. The maximum atomic E-state index is 12.6. The van der Waals surface area contributed by atoms with Gasteiger partial charge in [-0.15, -0.1) is 0 Å². The van der Waals surface area contributed by atoms with Gasteiger partial charge in [-0.2, -0.15) is 0 Å². The van der Waals surface area contributed by atoms with Crippen LogP contribution in [0.4, 0.5) is 11.4 Å². The number of anilines is 2. The number of hydrogen-bond donors (Lipinski definition) is 2. The normalized spacial score (nSPS) is 14.5. The molecule has 1 heterocycles. The van der Waals surface area contributed by atoms with E-state index in [1.165, 1.54) is 0 Å². The van der Waals surface area contributed by atoms with Gasteiger partial charge in [-0.05, 0) is 61.5 Å². The van der Waals surface area contributed by atoms with E-state index in [1.54, 1.807) is 17.0 Å². The van der Waals surface area contributed by atoms with Gasteiger partial charge in [0.1, 0.15) is 0 Å². The van der Waals surface area contributed by atoms with Crippen LogP contribution in [-0.4, -0.2) is 49.8 Å². The first-order valence-corrected chi connectivity index (χ1v) is 11.5. The van der Waals surface area contributed by atoms with Crippen molar-refractivity contribution in [3.05, 3.63) is 71.8 Å². The van der Waals surface area contributed by atoms with E-state index in [0.717, 1.165) is 34.0 Å². The average molecular weight is 459 g/mol. The van der Waals surface area contributed by atoms with Crippen molar-refractivity contribution in [2.45, 2.75) is 25.8 Å². The van der Waals surface area contributed by atoms with Gasteiger partial charge in [-0.3, -0.25) is 14.4 Å². The van der Waals surface area contributed by atoms with Gasteiger partial charge in [-0.25, -0.2) is 0 Å². The lowest BCUT2D eigenvalue weighted by Crippen LogP contribution is -2.40. The molecule has 3 aromatic rings. The van der Waals surface area contributed by atoms with E-state index in [2.05, 4.69) is 28.8 Å². The predicted molar refractivity (Wildman–Crippen MR) is 135 cm³/mol. The molecule has 7 heteroatoms. The number of nitrogens with one attached hydrogen (secondary N) is 2. The van der Waals surface area contributed by atoms with Crippen molar-refractivity contribution in [1.29, 1.82) is 0 Å². The van der Waals surface area contributed by atoms with Gasteiger partial charge in [0.25, 0.3) is 0 Å². The fourth-order valence-electron chi connectivity index (χ4n) is 4.45.